The molecule has 0 unspecified atom stereocenters. The summed E-state index contributed by atoms with van der Waals surface area (Å²) < 4.78 is 10.4. The zero-order chi connectivity index (χ0) is 13.5. The highest BCUT2D eigenvalue weighted by Crippen LogP contribution is 2.22. The van der Waals surface area contributed by atoms with Gasteiger partial charge in [0.05, 0.1) is 6.61 Å². The molecule has 0 aromatic heterocycles. The van der Waals surface area contributed by atoms with Gasteiger partial charge in [-0.05, 0) is 23.8 Å². The Morgan fingerprint density at radius 1 is 1.28 bits per heavy atom. The van der Waals surface area contributed by atoms with E-state index in [9.17, 15) is 4.79 Å². The molecule has 0 spiro atoms. The van der Waals surface area contributed by atoms with E-state index in [0.717, 1.165) is 5.56 Å². The molecule has 0 N–H and O–H groups in total. The van der Waals surface area contributed by atoms with Gasteiger partial charge < -0.3 is 9.47 Å². The molecule has 0 atom stereocenters. The lowest BCUT2D eigenvalue weighted by atomic mass is 10.0. The summed E-state index contributed by atoms with van der Waals surface area (Å²) in [5.74, 6) is 0.896. The number of carbonyl (C=O) groups excluding carboxylic acids is 1. The number of benzene rings is 1. The molecule has 0 aliphatic heterocycles. The number of Topliss-reactive ketones (excluding diaryl/α,β-unsaturated/α-hetero) is 1. The molecule has 0 fully saturated rings. The molecule has 100 valence electrons. The Labute approximate surface area is 113 Å². The minimum absolute atomic E-state index is 0.0295. The van der Waals surface area contributed by atoms with Gasteiger partial charge in [0.25, 0.3) is 0 Å². The van der Waals surface area contributed by atoms with Gasteiger partial charge in [0.1, 0.15) is 18.1 Å². The maximum atomic E-state index is 11.7. The minimum Gasteiger partial charge on any atom is -0.491 e. The largest absolute Gasteiger partial charge is 0.491 e. The first-order valence-electron chi connectivity index (χ1n) is 5.97. The van der Waals surface area contributed by atoms with Crippen LogP contribution in [0.5, 0.6) is 5.75 Å². The number of hydrogen-bond donors (Lipinski definition) is 0. The van der Waals surface area contributed by atoms with E-state index in [1.165, 1.54) is 0 Å². The summed E-state index contributed by atoms with van der Waals surface area (Å²) >= 11 is 6.00. The summed E-state index contributed by atoms with van der Waals surface area (Å²) in [5.41, 5.74) is 0.883. The van der Waals surface area contributed by atoms with Crippen molar-refractivity contribution in [3.05, 3.63) is 28.8 Å². The predicted octanol–water partition coefficient (Wildman–Crippen LogP) is 3.13. The van der Waals surface area contributed by atoms with Crippen molar-refractivity contribution in [2.45, 2.75) is 20.3 Å². The van der Waals surface area contributed by atoms with Crippen LogP contribution in [0.4, 0.5) is 0 Å². The third kappa shape index (κ3) is 5.07. The standard InChI is InChI=1S/C14H19ClO3/c1-10(2)14(16)8-11-6-12(15)9-13(7-11)18-5-4-17-3/h6-7,9-10H,4-5,8H2,1-3H3. The molecule has 1 rings (SSSR count). The Morgan fingerprint density at radius 2 is 2.00 bits per heavy atom. The fraction of sp³-hybridized carbons (Fsp3) is 0.500. The first kappa shape index (κ1) is 15.0. The molecule has 4 heteroatoms. The highest BCUT2D eigenvalue weighted by Gasteiger charge is 2.10. The van der Waals surface area contributed by atoms with Crippen molar-refractivity contribution in [2.75, 3.05) is 20.3 Å². The Kier molecular flexibility index (Phi) is 6.16. The van der Waals surface area contributed by atoms with Gasteiger partial charge in [0, 0.05) is 24.5 Å². The normalized spacial score (nSPS) is 10.7. The van der Waals surface area contributed by atoms with Gasteiger partial charge in [-0.15, -0.1) is 0 Å². The molecule has 0 amide bonds. The predicted molar refractivity (Wildman–Crippen MR) is 72.4 cm³/mol. The molecule has 0 aliphatic carbocycles. The van der Waals surface area contributed by atoms with E-state index in [1.54, 1.807) is 19.2 Å². The van der Waals surface area contributed by atoms with Gasteiger partial charge in [0.2, 0.25) is 0 Å². The number of halogens is 1. The number of carbonyl (C=O) groups is 1. The lowest BCUT2D eigenvalue weighted by molar-refractivity contribution is -0.121. The van der Waals surface area contributed by atoms with Gasteiger partial charge in [-0.3, -0.25) is 4.79 Å². The van der Waals surface area contributed by atoms with Crippen LogP contribution in [0.1, 0.15) is 19.4 Å². The van der Waals surface area contributed by atoms with Crippen molar-refractivity contribution in [3.8, 4) is 5.75 Å². The van der Waals surface area contributed by atoms with Crippen LogP contribution >= 0.6 is 11.6 Å². The fourth-order valence-electron chi connectivity index (χ4n) is 1.45. The fourth-order valence-corrected chi connectivity index (χ4v) is 1.70. The second-order valence-electron chi connectivity index (χ2n) is 4.43. The topological polar surface area (TPSA) is 35.5 Å². The maximum absolute atomic E-state index is 11.7. The second-order valence-corrected chi connectivity index (χ2v) is 4.87. The van der Waals surface area contributed by atoms with E-state index in [-0.39, 0.29) is 11.7 Å². The number of ketones is 1. The van der Waals surface area contributed by atoms with Crippen LogP contribution in [0.2, 0.25) is 5.02 Å². The minimum atomic E-state index is 0.0295. The van der Waals surface area contributed by atoms with Crippen molar-refractivity contribution in [2.24, 2.45) is 5.92 Å². The first-order valence-corrected chi connectivity index (χ1v) is 6.34. The molecule has 0 radical (unpaired) electrons. The molecule has 0 saturated carbocycles. The van der Waals surface area contributed by atoms with Crippen molar-refractivity contribution in [1.82, 2.24) is 0 Å². The van der Waals surface area contributed by atoms with Crippen LogP contribution in [-0.4, -0.2) is 26.1 Å². The summed E-state index contributed by atoms with van der Waals surface area (Å²) in [4.78, 5) is 11.7. The van der Waals surface area contributed by atoms with E-state index in [0.29, 0.717) is 30.4 Å². The Morgan fingerprint density at radius 3 is 2.61 bits per heavy atom. The quantitative estimate of drug-likeness (QED) is 0.714. The SMILES string of the molecule is COCCOc1cc(Cl)cc(CC(=O)C(C)C)c1. The number of methoxy groups -OCH3 is 1. The lowest BCUT2D eigenvalue weighted by Crippen LogP contribution is -2.10. The van der Waals surface area contributed by atoms with Gasteiger partial charge in [-0.2, -0.15) is 0 Å². The molecule has 1 aromatic rings. The molecule has 0 saturated heterocycles. The Hall–Kier alpha value is -1.06. The van der Waals surface area contributed by atoms with Crippen LogP contribution in [0, 0.1) is 5.92 Å². The zero-order valence-electron chi connectivity index (χ0n) is 11.0. The summed E-state index contributed by atoms with van der Waals surface area (Å²) in [7, 11) is 1.62. The van der Waals surface area contributed by atoms with Crippen LogP contribution in [0.25, 0.3) is 0 Å². The number of hydrogen-bond acceptors (Lipinski definition) is 3. The van der Waals surface area contributed by atoms with Crippen molar-refractivity contribution in [1.29, 1.82) is 0 Å². The molecule has 1 aromatic carbocycles. The zero-order valence-corrected chi connectivity index (χ0v) is 11.8. The molecular weight excluding hydrogens is 252 g/mol. The van der Waals surface area contributed by atoms with Crippen molar-refractivity contribution >= 4 is 17.4 Å². The average Bonchev–Trinajstić information content (AvgIpc) is 2.28. The summed E-state index contributed by atoms with van der Waals surface area (Å²) in [5, 5.41) is 0.580. The summed E-state index contributed by atoms with van der Waals surface area (Å²) in [6, 6.07) is 5.38. The average molecular weight is 271 g/mol. The smallest absolute Gasteiger partial charge is 0.139 e. The van der Waals surface area contributed by atoms with E-state index in [2.05, 4.69) is 0 Å². The Balaban J connectivity index is 2.71. The van der Waals surface area contributed by atoms with E-state index < -0.39 is 0 Å². The lowest BCUT2D eigenvalue weighted by Gasteiger charge is -2.09. The molecule has 3 nitrogen and oxygen atoms in total. The number of rotatable bonds is 7. The molecule has 18 heavy (non-hydrogen) atoms. The maximum Gasteiger partial charge on any atom is 0.139 e. The summed E-state index contributed by atoms with van der Waals surface area (Å²) in [6.07, 6.45) is 0.388. The van der Waals surface area contributed by atoms with Crippen LogP contribution in [-0.2, 0) is 16.0 Å². The first-order chi connectivity index (χ1) is 8.52. The third-order valence-electron chi connectivity index (χ3n) is 2.51. The second kappa shape index (κ2) is 7.39. The van der Waals surface area contributed by atoms with Gasteiger partial charge in [0.15, 0.2) is 0 Å². The molecule has 0 aliphatic rings. The highest BCUT2D eigenvalue weighted by molar-refractivity contribution is 6.30. The van der Waals surface area contributed by atoms with Crippen molar-refractivity contribution < 1.29 is 14.3 Å². The molecule has 0 bridgehead atoms. The monoisotopic (exact) mass is 270 g/mol. The van der Waals surface area contributed by atoms with Gasteiger partial charge >= 0.3 is 0 Å². The van der Waals surface area contributed by atoms with Crippen LogP contribution in [0.15, 0.2) is 18.2 Å². The molecule has 0 heterocycles. The van der Waals surface area contributed by atoms with E-state index >= 15 is 0 Å². The van der Waals surface area contributed by atoms with Gasteiger partial charge in [-0.25, -0.2) is 0 Å². The summed E-state index contributed by atoms with van der Waals surface area (Å²) in [6.45, 7) is 4.77. The van der Waals surface area contributed by atoms with Crippen molar-refractivity contribution in [3.63, 3.8) is 0 Å². The molecular formula is C14H19ClO3. The Bertz CT molecular complexity index is 402. The van der Waals surface area contributed by atoms with Crippen LogP contribution < -0.4 is 4.74 Å². The number of ether oxygens (including phenoxy) is 2. The van der Waals surface area contributed by atoms with E-state index in [1.807, 2.05) is 19.9 Å². The van der Waals surface area contributed by atoms with Crippen LogP contribution in [0.3, 0.4) is 0 Å². The third-order valence-corrected chi connectivity index (χ3v) is 2.73. The highest BCUT2D eigenvalue weighted by atomic mass is 35.5. The van der Waals surface area contributed by atoms with Gasteiger partial charge in [-0.1, -0.05) is 25.4 Å². The van der Waals surface area contributed by atoms with E-state index in [4.69, 9.17) is 21.1 Å².